The molecule has 0 radical (unpaired) electrons. The maximum absolute atomic E-state index is 14.2. The molecule has 1 N–H and O–H groups in total. The van der Waals surface area contributed by atoms with Gasteiger partial charge in [-0.3, -0.25) is 0 Å². The third kappa shape index (κ3) is 4.45. The number of nitrogens with one attached hydrogen (secondary N) is 1. The van der Waals surface area contributed by atoms with E-state index in [1.54, 1.807) is 6.07 Å². The summed E-state index contributed by atoms with van der Waals surface area (Å²) in [5.41, 5.74) is 3.57. The van der Waals surface area contributed by atoms with Gasteiger partial charge in [0.25, 0.3) is 5.17 Å². The Kier molecular flexibility index (Phi) is 6.57. The zero-order chi connectivity index (χ0) is 17.7. The maximum Gasteiger partial charge on any atom is 0.260 e. The van der Waals surface area contributed by atoms with E-state index in [0.717, 1.165) is 33.3 Å². The Morgan fingerprint density at radius 3 is 2.75 bits per heavy atom. The Bertz CT molecular complexity index is 752. The fraction of sp³-hybridized carbons (Fsp3) is 0.278. The van der Waals surface area contributed by atoms with E-state index in [4.69, 9.17) is 21.7 Å². The first-order chi connectivity index (χ1) is 11.5. The molecule has 0 amide bonds. The van der Waals surface area contributed by atoms with Gasteiger partial charge in [0.15, 0.2) is 11.6 Å². The highest BCUT2D eigenvalue weighted by molar-refractivity contribution is 9.10. The first-order valence-electron chi connectivity index (χ1n) is 7.50. The number of hydrogen-bond donors (Lipinski definition) is 1. The van der Waals surface area contributed by atoms with Crippen LogP contribution in [0.25, 0.3) is 0 Å². The number of thiocarbonyl (C=S) groups is 1. The molecular formula is C18H19BrFNO2S. The minimum absolute atomic E-state index is 0.192. The standard InChI is InChI=1S/C18H19BrFNO2S/c1-4-12-9-15(20)17(8-11(12)2)23-10-13-14(19)6-5-7-16(13)21-18(24)22-3/h5-9H,4,10H2,1-3H3,(H,21,24). The van der Waals surface area contributed by atoms with E-state index in [2.05, 4.69) is 21.2 Å². The molecule has 0 heterocycles. The van der Waals surface area contributed by atoms with E-state index >= 15 is 0 Å². The molecule has 0 saturated heterocycles. The summed E-state index contributed by atoms with van der Waals surface area (Å²) in [4.78, 5) is 0. The van der Waals surface area contributed by atoms with Crippen LogP contribution in [0.1, 0.15) is 23.6 Å². The molecule has 0 aliphatic rings. The summed E-state index contributed by atoms with van der Waals surface area (Å²) in [5, 5.41) is 3.24. The summed E-state index contributed by atoms with van der Waals surface area (Å²) in [5.74, 6) is -0.118. The molecule has 0 unspecified atom stereocenters. The third-order valence-corrected chi connectivity index (χ3v) is 4.70. The second-order valence-electron chi connectivity index (χ2n) is 5.23. The lowest BCUT2D eigenvalue weighted by Crippen LogP contribution is -2.13. The molecule has 0 spiro atoms. The smallest absolute Gasteiger partial charge is 0.260 e. The monoisotopic (exact) mass is 411 g/mol. The lowest BCUT2D eigenvalue weighted by atomic mass is 10.1. The van der Waals surface area contributed by atoms with E-state index in [9.17, 15) is 4.39 Å². The number of benzene rings is 2. The van der Waals surface area contributed by atoms with Crippen LogP contribution in [-0.4, -0.2) is 12.3 Å². The first-order valence-corrected chi connectivity index (χ1v) is 8.70. The zero-order valence-corrected chi connectivity index (χ0v) is 16.2. The van der Waals surface area contributed by atoms with Crippen LogP contribution in [0.4, 0.5) is 10.1 Å². The van der Waals surface area contributed by atoms with Gasteiger partial charge in [0, 0.05) is 15.7 Å². The van der Waals surface area contributed by atoms with Gasteiger partial charge >= 0.3 is 0 Å². The van der Waals surface area contributed by atoms with E-state index in [1.165, 1.54) is 13.2 Å². The number of ether oxygens (including phenoxy) is 2. The topological polar surface area (TPSA) is 30.5 Å². The summed E-state index contributed by atoms with van der Waals surface area (Å²) in [7, 11) is 1.50. The molecule has 2 aromatic carbocycles. The van der Waals surface area contributed by atoms with Crippen molar-refractivity contribution >= 4 is 39.0 Å². The van der Waals surface area contributed by atoms with Gasteiger partial charge in [-0.2, -0.15) is 0 Å². The van der Waals surface area contributed by atoms with Crippen molar-refractivity contribution in [3.05, 3.63) is 57.3 Å². The fourth-order valence-electron chi connectivity index (χ4n) is 2.32. The van der Waals surface area contributed by atoms with E-state index in [-0.39, 0.29) is 23.3 Å². The average molecular weight is 412 g/mol. The third-order valence-electron chi connectivity index (χ3n) is 3.68. The SMILES string of the molecule is CCc1cc(F)c(OCc2c(Br)cccc2NC(=S)OC)cc1C. The molecule has 0 fully saturated rings. The van der Waals surface area contributed by atoms with Gasteiger partial charge in [-0.15, -0.1) is 0 Å². The van der Waals surface area contributed by atoms with Crippen molar-refractivity contribution in [2.75, 3.05) is 12.4 Å². The van der Waals surface area contributed by atoms with Gasteiger partial charge in [-0.05, 0) is 61.0 Å². The molecule has 0 aliphatic heterocycles. The van der Waals surface area contributed by atoms with E-state index < -0.39 is 0 Å². The Hall–Kier alpha value is -1.66. The Morgan fingerprint density at radius 2 is 2.08 bits per heavy atom. The molecule has 3 nitrogen and oxygen atoms in total. The van der Waals surface area contributed by atoms with Gasteiger partial charge in [-0.1, -0.05) is 28.9 Å². The number of methoxy groups -OCH3 is 1. The van der Waals surface area contributed by atoms with Gasteiger partial charge in [0.1, 0.15) is 6.61 Å². The van der Waals surface area contributed by atoms with Crippen LogP contribution in [0.15, 0.2) is 34.8 Å². The molecule has 128 valence electrons. The first kappa shape index (κ1) is 18.7. The molecule has 0 atom stereocenters. The Morgan fingerprint density at radius 1 is 1.33 bits per heavy atom. The molecule has 2 aromatic rings. The Balaban J connectivity index is 2.23. The van der Waals surface area contributed by atoms with Crippen LogP contribution in [0, 0.1) is 12.7 Å². The predicted octanol–water partition coefficient (Wildman–Crippen LogP) is 5.38. The fourth-order valence-corrected chi connectivity index (χ4v) is 2.91. The van der Waals surface area contributed by atoms with E-state index in [1.807, 2.05) is 32.0 Å². The Labute approximate surface area is 155 Å². The van der Waals surface area contributed by atoms with Crippen LogP contribution in [0.3, 0.4) is 0 Å². The second kappa shape index (κ2) is 8.44. The molecular weight excluding hydrogens is 393 g/mol. The number of rotatable bonds is 5. The van der Waals surface area contributed by atoms with Gasteiger partial charge in [0.2, 0.25) is 0 Å². The van der Waals surface area contributed by atoms with Crippen LogP contribution in [-0.2, 0) is 17.8 Å². The summed E-state index contributed by atoms with van der Waals surface area (Å²) in [6.07, 6.45) is 0.787. The van der Waals surface area contributed by atoms with Crippen LogP contribution in [0.2, 0.25) is 0 Å². The largest absolute Gasteiger partial charge is 0.486 e. The number of aryl methyl sites for hydroxylation is 2. The number of halogens is 2. The summed E-state index contributed by atoms with van der Waals surface area (Å²) in [6.45, 7) is 4.14. The summed E-state index contributed by atoms with van der Waals surface area (Å²) >= 11 is 8.52. The van der Waals surface area contributed by atoms with Gasteiger partial charge < -0.3 is 14.8 Å². The van der Waals surface area contributed by atoms with Crippen molar-refractivity contribution in [3.63, 3.8) is 0 Å². The predicted molar refractivity (Wildman–Crippen MR) is 102 cm³/mol. The maximum atomic E-state index is 14.2. The quantitative estimate of drug-likeness (QED) is 0.668. The second-order valence-corrected chi connectivity index (χ2v) is 6.46. The molecule has 0 aromatic heterocycles. The lowest BCUT2D eigenvalue weighted by molar-refractivity contribution is 0.290. The van der Waals surface area contributed by atoms with Gasteiger partial charge in [0.05, 0.1) is 7.11 Å². The van der Waals surface area contributed by atoms with Crippen molar-refractivity contribution in [1.29, 1.82) is 0 Å². The molecule has 2 rings (SSSR count). The van der Waals surface area contributed by atoms with Crippen LogP contribution >= 0.6 is 28.1 Å². The van der Waals surface area contributed by atoms with Crippen molar-refractivity contribution in [2.45, 2.75) is 26.9 Å². The molecule has 0 bridgehead atoms. The highest BCUT2D eigenvalue weighted by Crippen LogP contribution is 2.28. The number of hydrogen-bond acceptors (Lipinski definition) is 3. The lowest BCUT2D eigenvalue weighted by Gasteiger charge is -2.15. The average Bonchev–Trinajstić information content (AvgIpc) is 2.56. The van der Waals surface area contributed by atoms with Crippen molar-refractivity contribution < 1.29 is 13.9 Å². The number of anilines is 1. The van der Waals surface area contributed by atoms with E-state index in [0.29, 0.717) is 0 Å². The van der Waals surface area contributed by atoms with Gasteiger partial charge in [-0.25, -0.2) is 4.39 Å². The zero-order valence-electron chi connectivity index (χ0n) is 13.8. The van der Waals surface area contributed by atoms with Crippen molar-refractivity contribution in [2.24, 2.45) is 0 Å². The minimum Gasteiger partial charge on any atom is -0.486 e. The highest BCUT2D eigenvalue weighted by atomic mass is 79.9. The van der Waals surface area contributed by atoms with Crippen molar-refractivity contribution in [1.82, 2.24) is 0 Å². The van der Waals surface area contributed by atoms with Crippen LogP contribution < -0.4 is 10.1 Å². The molecule has 0 aliphatic carbocycles. The molecule has 6 heteroatoms. The van der Waals surface area contributed by atoms with Crippen molar-refractivity contribution in [3.8, 4) is 5.75 Å². The summed E-state index contributed by atoms with van der Waals surface area (Å²) < 4.78 is 25.7. The van der Waals surface area contributed by atoms with Crippen LogP contribution in [0.5, 0.6) is 5.75 Å². The minimum atomic E-state index is -0.355. The molecule has 24 heavy (non-hydrogen) atoms. The summed E-state index contributed by atoms with van der Waals surface area (Å²) in [6, 6.07) is 8.88. The normalized spacial score (nSPS) is 10.4. The molecule has 0 saturated carbocycles. The highest BCUT2D eigenvalue weighted by Gasteiger charge is 2.12.